The molecule has 5 aromatic carbocycles. The number of para-hydroxylation sites is 2. The summed E-state index contributed by atoms with van der Waals surface area (Å²) in [4.78, 5) is 24.0. The summed E-state index contributed by atoms with van der Waals surface area (Å²) in [5, 5.41) is 26.3. The molecule has 0 bridgehead atoms. The van der Waals surface area contributed by atoms with Crippen molar-refractivity contribution < 1.29 is 33.7 Å². The van der Waals surface area contributed by atoms with E-state index in [1.54, 1.807) is 64.2 Å². The molecule has 1 amide bonds. The van der Waals surface area contributed by atoms with Crippen LogP contribution in [-0.2, 0) is 44.4 Å². The number of aromatic nitrogens is 6. The van der Waals surface area contributed by atoms with E-state index in [2.05, 4.69) is 30.6 Å². The van der Waals surface area contributed by atoms with Gasteiger partial charge in [0, 0.05) is 29.1 Å². The first-order valence-electron chi connectivity index (χ1n) is 21.5. The lowest BCUT2D eigenvalue weighted by Gasteiger charge is -2.33. The highest BCUT2D eigenvalue weighted by Crippen LogP contribution is 2.53. The van der Waals surface area contributed by atoms with Gasteiger partial charge in [-0.2, -0.15) is 5.10 Å². The predicted molar refractivity (Wildman–Crippen MR) is 267 cm³/mol. The van der Waals surface area contributed by atoms with Crippen molar-refractivity contribution in [2.24, 2.45) is 5.16 Å². The molecule has 3 N–H and O–H groups in total. The van der Waals surface area contributed by atoms with E-state index in [-0.39, 0.29) is 24.3 Å². The number of carbonyl (C=O) groups is 1. The number of aromatic amines is 1. The summed E-state index contributed by atoms with van der Waals surface area (Å²) >= 11 is 30.4. The van der Waals surface area contributed by atoms with E-state index in [1.807, 2.05) is 79.7 Å². The molecule has 1 aliphatic heterocycles. The number of nitrogens with zero attached hydrogens (tertiary/aromatic N) is 6. The second kappa shape index (κ2) is 23.2. The minimum atomic E-state index is -1.13. The number of nitrogens with one attached hydrogen (secondary N) is 2. The number of carbonyl (C=O) groups excluding carboxylic acids is 1. The van der Waals surface area contributed by atoms with Crippen LogP contribution in [0.4, 0.5) is 0 Å². The number of likely N-dealkylation sites (N-methyl/N-ethyl adjacent to an activating group) is 1. The maximum Gasteiger partial charge on any atom is 0.273 e. The molecule has 9 rings (SSSR count). The number of rotatable bonds is 15. The molecular formula is C49H48Cl4N8O7S. The van der Waals surface area contributed by atoms with E-state index >= 15 is 0 Å². The Balaban J connectivity index is 0.000000155. The number of ether oxygens (including phenoxy) is 4. The molecule has 2 fully saturated rings. The van der Waals surface area contributed by atoms with Crippen LogP contribution in [0, 0.1) is 4.77 Å². The SMILES string of the molecule is CC1COC(Cn2cncn2)(c2ccc(Oc3ccc(Cl)cc3)cc2Cl)O1.CNC(=O)/C(=N/OC)c1ccccc1Oc1ccccc1.OC(Cc1ccccc1Cl)(Cn1[nH]cnc1=S)C1(Cl)CC1. The molecule has 3 unspecified atom stereocenters. The average Bonchev–Trinajstić information content (AvgIpc) is 3.59. The van der Waals surface area contributed by atoms with Gasteiger partial charge in [-0.15, -0.1) is 11.6 Å². The van der Waals surface area contributed by atoms with E-state index in [0.717, 1.165) is 18.4 Å². The van der Waals surface area contributed by atoms with Crippen LogP contribution in [-0.4, -0.2) is 83.6 Å². The van der Waals surface area contributed by atoms with Crippen LogP contribution in [0.15, 0.2) is 145 Å². The van der Waals surface area contributed by atoms with E-state index in [1.165, 1.54) is 26.8 Å². The van der Waals surface area contributed by atoms with Crippen LogP contribution in [0.25, 0.3) is 0 Å². The summed E-state index contributed by atoms with van der Waals surface area (Å²) in [6.45, 7) is 3.03. The number of benzene rings is 5. The van der Waals surface area contributed by atoms with Crippen molar-refractivity contribution in [2.75, 3.05) is 20.8 Å². The molecule has 69 heavy (non-hydrogen) atoms. The minimum absolute atomic E-state index is 0.0606. The maximum atomic E-state index is 11.9. The molecule has 20 heteroatoms. The highest BCUT2D eigenvalue weighted by molar-refractivity contribution is 7.71. The number of halogens is 4. The van der Waals surface area contributed by atoms with Crippen LogP contribution < -0.4 is 14.8 Å². The lowest BCUT2D eigenvalue weighted by molar-refractivity contribution is -0.186. The van der Waals surface area contributed by atoms with Crippen molar-refractivity contribution in [3.63, 3.8) is 0 Å². The van der Waals surface area contributed by atoms with Gasteiger partial charge in [0.05, 0.1) is 34.7 Å². The third-order valence-corrected chi connectivity index (χ3v) is 12.9. The molecule has 2 aliphatic rings. The third-order valence-electron chi connectivity index (χ3n) is 10.9. The van der Waals surface area contributed by atoms with Gasteiger partial charge in [-0.05, 0) is 110 Å². The summed E-state index contributed by atoms with van der Waals surface area (Å²) in [6.07, 6.45) is 6.45. The number of hydrogen-bond donors (Lipinski definition) is 3. The standard InChI is InChI=1S/C19H17Cl2N3O3.C16H16N2O3.C14H15Cl2N3OS/c1-13-9-25-19(27-13,10-24-12-22-11-23-24)17-7-6-16(8-18(17)21)26-15-4-2-14(20)3-5-15;1-17-16(19)15(18-20-2)13-10-6-7-11-14(13)21-12-8-4-3-5-9-12;15-11-4-2-1-3-10(11)7-14(20,13(16)5-6-13)8-19-12(21)17-9-18-19/h2-8,11-13H,9-10H2,1H3;3-11H,1-2H3,(H,17,19);1-4,9,20H,5-8H2,(H,17,18,21)/b;18-15+;. The van der Waals surface area contributed by atoms with Gasteiger partial charge in [0.1, 0.15) is 61.2 Å². The highest BCUT2D eigenvalue weighted by Gasteiger charge is 2.58. The summed E-state index contributed by atoms with van der Waals surface area (Å²) in [6, 6.07) is 36.5. The second-order valence-electron chi connectivity index (χ2n) is 15.9. The fraction of sp³-hybridized carbons (Fsp3) is 0.265. The smallest absolute Gasteiger partial charge is 0.273 e. The van der Waals surface area contributed by atoms with Crippen LogP contribution in [0.5, 0.6) is 23.0 Å². The molecule has 360 valence electrons. The monoisotopic (exact) mass is 1030 g/mol. The molecule has 3 atom stereocenters. The van der Waals surface area contributed by atoms with Crippen LogP contribution in [0.1, 0.15) is 36.5 Å². The lowest BCUT2D eigenvalue weighted by Crippen LogP contribution is -2.47. The van der Waals surface area contributed by atoms with Gasteiger partial charge in [-0.3, -0.25) is 14.6 Å². The largest absolute Gasteiger partial charge is 0.457 e. The van der Waals surface area contributed by atoms with Gasteiger partial charge < -0.3 is 34.2 Å². The number of amides is 1. The van der Waals surface area contributed by atoms with Crippen LogP contribution >= 0.6 is 58.6 Å². The molecule has 1 aliphatic carbocycles. The quantitative estimate of drug-likeness (QED) is 0.0386. The van der Waals surface area contributed by atoms with Gasteiger partial charge in [0.2, 0.25) is 10.6 Å². The van der Waals surface area contributed by atoms with Gasteiger partial charge in [0.25, 0.3) is 5.91 Å². The summed E-state index contributed by atoms with van der Waals surface area (Å²) in [5.41, 5.74) is 1.17. The maximum absolute atomic E-state index is 11.9. The van der Waals surface area contributed by atoms with Crippen molar-refractivity contribution in [1.29, 1.82) is 0 Å². The fourth-order valence-corrected chi connectivity index (χ4v) is 8.35. The van der Waals surface area contributed by atoms with E-state index in [0.29, 0.717) is 73.5 Å². The van der Waals surface area contributed by atoms with Crippen molar-refractivity contribution in [1.82, 2.24) is 34.8 Å². The average molecular weight is 1030 g/mol. The second-order valence-corrected chi connectivity index (χ2v) is 18.3. The lowest BCUT2D eigenvalue weighted by atomic mass is 9.89. The van der Waals surface area contributed by atoms with Crippen molar-refractivity contribution >= 4 is 70.2 Å². The Labute approximate surface area is 423 Å². The molecule has 3 heterocycles. The van der Waals surface area contributed by atoms with Crippen LogP contribution in [0.3, 0.4) is 0 Å². The van der Waals surface area contributed by atoms with Gasteiger partial charge in [-0.25, -0.2) is 14.6 Å². The number of hydrogen-bond acceptors (Lipinski definition) is 12. The Bertz CT molecular complexity index is 2890. The molecule has 7 aromatic rings. The van der Waals surface area contributed by atoms with Gasteiger partial charge in [0.15, 0.2) is 5.71 Å². The van der Waals surface area contributed by atoms with Crippen molar-refractivity contribution in [2.45, 2.75) is 61.6 Å². The topological polar surface area (TPSA) is 172 Å². The number of alkyl halides is 1. The summed E-state index contributed by atoms with van der Waals surface area (Å²) in [5.74, 6) is 1.11. The normalized spacial score (nSPS) is 17.8. The predicted octanol–water partition coefficient (Wildman–Crippen LogP) is 10.6. The first-order valence-corrected chi connectivity index (χ1v) is 23.4. The van der Waals surface area contributed by atoms with E-state index in [4.69, 9.17) is 82.4 Å². The Hall–Kier alpha value is -5.82. The number of aliphatic hydroxyl groups is 1. The number of H-pyrrole nitrogens is 1. The molecule has 1 saturated carbocycles. The molecule has 0 radical (unpaired) electrons. The Morgan fingerprint density at radius 2 is 1.64 bits per heavy atom. The summed E-state index contributed by atoms with van der Waals surface area (Å²) < 4.78 is 27.5. The fourth-order valence-electron chi connectivity index (χ4n) is 7.32. The molecule has 15 nitrogen and oxygen atoms in total. The van der Waals surface area contributed by atoms with Crippen LogP contribution in [0.2, 0.25) is 15.1 Å². The Morgan fingerprint density at radius 1 is 0.942 bits per heavy atom. The molecular weight excluding hydrogens is 986 g/mol. The number of oxime groups is 1. The molecule has 0 spiro atoms. The Kier molecular flexibility index (Phi) is 17.2. The van der Waals surface area contributed by atoms with Crippen molar-refractivity contribution in [3.05, 3.63) is 177 Å². The molecule has 2 aromatic heterocycles. The summed E-state index contributed by atoms with van der Waals surface area (Å²) in [7, 11) is 2.93. The first-order chi connectivity index (χ1) is 33.2. The first kappa shape index (κ1) is 51.0. The zero-order valence-electron chi connectivity index (χ0n) is 37.6. The highest BCUT2D eigenvalue weighted by atomic mass is 35.5. The van der Waals surface area contributed by atoms with Gasteiger partial charge >= 0.3 is 0 Å². The third kappa shape index (κ3) is 13.1. The molecule has 1 saturated heterocycles. The van der Waals surface area contributed by atoms with Gasteiger partial charge in [-0.1, -0.05) is 88.5 Å². The Morgan fingerprint density at radius 3 is 2.26 bits per heavy atom. The van der Waals surface area contributed by atoms with E-state index in [9.17, 15) is 9.90 Å². The van der Waals surface area contributed by atoms with Crippen molar-refractivity contribution in [3.8, 4) is 23.0 Å². The van der Waals surface area contributed by atoms with E-state index < -0.39 is 16.3 Å². The minimum Gasteiger partial charge on any atom is -0.457 e. The zero-order chi connectivity index (χ0) is 49.0. The zero-order valence-corrected chi connectivity index (χ0v) is 41.4.